The Hall–Kier alpha value is -3.12. The van der Waals surface area contributed by atoms with Gasteiger partial charge in [0.05, 0.1) is 19.0 Å². The van der Waals surface area contributed by atoms with Gasteiger partial charge in [-0.2, -0.15) is 0 Å². The number of nitrogens with one attached hydrogen (secondary N) is 1. The molecule has 0 aromatic carbocycles. The van der Waals surface area contributed by atoms with Gasteiger partial charge in [-0.05, 0) is 24.5 Å². The summed E-state index contributed by atoms with van der Waals surface area (Å²) in [5.41, 5.74) is -0.0926. The van der Waals surface area contributed by atoms with Crippen LogP contribution in [0, 0.1) is 5.92 Å². The maximum atomic E-state index is 13.4. The summed E-state index contributed by atoms with van der Waals surface area (Å²) in [5, 5.41) is 4.14. The molecular weight excluding hydrogens is 492 g/mol. The van der Waals surface area contributed by atoms with Crippen molar-refractivity contribution in [2.75, 3.05) is 18.7 Å². The lowest BCUT2D eigenvalue weighted by Crippen LogP contribution is -2.35. The quantitative estimate of drug-likeness (QED) is 0.471. The molecule has 1 amide bonds. The van der Waals surface area contributed by atoms with E-state index in [0.29, 0.717) is 6.42 Å². The van der Waals surface area contributed by atoms with E-state index in [1.54, 1.807) is 0 Å². The van der Waals surface area contributed by atoms with E-state index in [1.807, 2.05) is 0 Å². The monoisotopic (exact) mass is 518 g/mol. The van der Waals surface area contributed by atoms with Gasteiger partial charge in [0, 0.05) is 17.8 Å². The van der Waals surface area contributed by atoms with E-state index in [0.717, 1.165) is 49.7 Å². The number of methoxy groups -OCH3 is 1. The van der Waals surface area contributed by atoms with Crippen molar-refractivity contribution in [3.8, 4) is 0 Å². The van der Waals surface area contributed by atoms with Crippen LogP contribution in [0.3, 0.4) is 0 Å². The summed E-state index contributed by atoms with van der Waals surface area (Å²) in [6, 6.07) is 2.13. The van der Waals surface area contributed by atoms with Crippen molar-refractivity contribution >= 4 is 49.1 Å². The SMILES string of the molecule is COC(=O)c1ccc(NC(=O)C(CC2CCCCC2)n2cnc3c(S(C)(=O)=O)csc3c2=O)nc1. The second-order valence-corrected chi connectivity index (χ2v) is 11.5. The number of nitrogens with zero attached hydrogens (tertiary/aromatic N) is 3. The third kappa shape index (κ3) is 5.43. The van der Waals surface area contributed by atoms with Crippen molar-refractivity contribution in [3.05, 3.63) is 46.0 Å². The number of rotatable bonds is 7. The van der Waals surface area contributed by atoms with Gasteiger partial charge in [-0.3, -0.25) is 14.2 Å². The highest BCUT2D eigenvalue weighted by atomic mass is 32.2. The number of carbonyl (C=O) groups is 2. The molecule has 186 valence electrons. The molecule has 10 nitrogen and oxygen atoms in total. The fourth-order valence-corrected chi connectivity index (χ4v) is 6.62. The van der Waals surface area contributed by atoms with Crippen molar-refractivity contribution in [1.29, 1.82) is 0 Å². The van der Waals surface area contributed by atoms with Crippen LogP contribution in [0.5, 0.6) is 0 Å². The van der Waals surface area contributed by atoms with Crippen molar-refractivity contribution in [2.45, 2.75) is 49.5 Å². The molecule has 1 fully saturated rings. The number of anilines is 1. The average molecular weight is 519 g/mol. The number of ether oxygens (including phenoxy) is 1. The molecule has 1 aliphatic carbocycles. The first-order valence-electron chi connectivity index (χ1n) is 11.2. The smallest absolute Gasteiger partial charge is 0.339 e. The molecule has 0 spiro atoms. The molecule has 1 atom stereocenters. The molecular formula is C23H26N4O6S2. The summed E-state index contributed by atoms with van der Waals surface area (Å²) in [7, 11) is -2.28. The average Bonchev–Trinajstić information content (AvgIpc) is 3.29. The molecule has 12 heteroatoms. The van der Waals surface area contributed by atoms with Gasteiger partial charge in [0.25, 0.3) is 5.56 Å². The minimum atomic E-state index is -3.55. The molecule has 35 heavy (non-hydrogen) atoms. The number of amides is 1. The number of sulfone groups is 1. The van der Waals surface area contributed by atoms with Crippen molar-refractivity contribution in [1.82, 2.24) is 14.5 Å². The lowest BCUT2D eigenvalue weighted by Gasteiger charge is -2.27. The van der Waals surface area contributed by atoms with Crippen LogP contribution in [-0.2, 0) is 19.4 Å². The third-order valence-electron chi connectivity index (χ3n) is 6.23. The van der Waals surface area contributed by atoms with E-state index >= 15 is 0 Å². The first kappa shape index (κ1) is 25.0. The minimum Gasteiger partial charge on any atom is -0.465 e. The Morgan fingerprint density at radius 2 is 1.97 bits per heavy atom. The molecule has 0 radical (unpaired) electrons. The Balaban J connectivity index is 1.68. The number of thiophene rings is 1. The third-order valence-corrected chi connectivity index (χ3v) is 8.44. The topological polar surface area (TPSA) is 137 Å². The number of hydrogen-bond acceptors (Lipinski definition) is 9. The number of pyridine rings is 1. The fraction of sp³-hybridized carbons (Fsp3) is 0.435. The van der Waals surface area contributed by atoms with Gasteiger partial charge in [-0.1, -0.05) is 32.1 Å². The molecule has 1 unspecified atom stereocenters. The molecule has 3 aromatic rings. The molecule has 1 N–H and O–H groups in total. The first-order chi connectivity index (χ1) is 16.7. The molecule has 3 heterocycles. The van der Waals surface area contributed by atoms with Gasteiger partial charge < -0.3 is 10.1 Å². The normalized spacial score (nSPS) is 15.6. The Bertz CT molecular complexity index is 1410. The standard InChI is InChI=1S/C23H26N4O6S2/c1-33-23(30)15-8-9-18(24-11-15)26-21(28)16(10-14-6-4-3-5-7-14)27-13-25-19-17(35(2,31)32)12-34-20(19)22(27)29/h8-9,11-14,16H,3-7,10H2,1-2H3,(H,24,26,28). The van der Waals surface area contributed by atoms with Crippen LogP contribution in [0.1, 0.15) is 54.9 Å². The Morgan fingerprint density at radius 3 is 2.60 bits per heavy atom. The maximum Gasteiger partial charge on any atom is 0.339 e. The van der Waals surface area contributed by atoms with E-state index in [4.69, 9.17) is 0 Å². The van der Waals surface area contributed by atoms with Gasteiger partial charge in [0.2, 0.25) is 5.91 Å². The number of hydrogen-bond donors (Lipinski definition) is 1. The number of fused-ring (bicyclic) bond motifs is 1. The van der Waals surface area contributed by atoms with Gasteiger partial charge in [0.15, 0.2) is 9.84 Å². The van der Waals surface area contributed by atoms with Gasteiger partial charge in [-0.25, -0.2) is 23.2 Å². The second-order valence-electron chi connectivity index (χ2n) is 8.68. The van der Waals surface area contributed by atoms with Gasteiger partial charge >= 0.3 is 5.97 Å². The van der Waals surface area contributed by atoms with Crippen LogP contribution < -0.4 is 10.9 Å². The van der Waals surface area contributed by atoms with Gasteiger partial charge in [-0.15, -0.1) is 11.3 Å². The predicted molar refractivity (Wildman–Crippen MR) is 131 cm³/mol. The first-order valence-corrected chi connectivity index (χ1v) is 14.0. The van der Waals surface area contributed by atoms with Crippen molar-refractivity contribution in [3.63, 3.8) is 0 Å². The van der Waals surface area contributed by atoms with Gasteiger partial charge in [0.1, 0.15) is 27.0 Å². The lowest BCUT2D eigenvalue weighted by atomic mass is 9.84. The summed E-state index contributed by atoms with van der Waals surface area (Å²) in [6.45, 7) is 0. The highest BCUT2D eigenvalue weighted by Gasteiger charge is 2.29. The van der Waals surface area contributed by atoms with Crippen LogP contribution in [0.25, 0.3) is 10.2 Å². The van der Waals surface area contributed by atoms with Crippen molar-refractivity contribution in [2.24, 2.45) is 5.92 Å². The highest BCUT2D eigenvalue weighted by Crippen LogP contribution is 2.32. The molecule has 0 aliphatic heterocycles. The molecule has 0 saturated heterocycles. The number of esters is 1. The van der Waals surface area contributed by atoms with Crippen molar-refractivity contribution < 1.29 is 22.7 Å². The molecule has 1 saturated carbocycles. The van der Waals surface area contributed by atoms with Crippen LogP contribution >= 0.6 is 11.3 Å². The predicted octanol–water partition coefficient (Wildman–Crippen LogP) is 3.19. The van der Waals surface area contributed by atoms with Crippen LogP contribution in [0.2, 0.25) is 0 Å². The highest BCUT2D eigenvalue weighted by molar-refractivity contribution is 7.91. The molecule has 4 rings (SSSR count). The van der Waals surface area contributed by atoms with Crippen LogP contribution in [-0.4, -0.2) is 48.2 Å². The zero-order valence-electron chi connectivity index (χ0n) is 19.4. The van der Waals surface area contributed by atoms with E-state index in [9.17, 15) is 22.8 Å². The molecule has 0 bridgehead atoms. The summed E-state index contributed by atoms with van der Waals surface area (Å²) in [4.78, 5) is 46.8. The Kier molecular flexibility index (Phi) is 7.31. The number of aromatic nitrogens is 3. The lowest BCUT2D eigenvalue weighted by molar-refractivity contribution is -0.120. The summed E-state index contributed by atoms with van der Waals surface area (Å²) >= 11 is 1.00. The molecule has 3 aromatic heterocycles. The summed E-state index contributed by atoms with van der Waals surface area (Å²) in [5.74, 6) is -0.474. The molecule has 1 aliphatic rings. The fourth-order valence-electron chi connectivity index (χ4n) is 4.39. The summed E-state index contributed by atoms with van der Waals surface area (Å²) in [6.07, 6.45) is 9.32. The zero-order chi connectivity index (χ0) is 25.2. The number of carbonyl (C=O) groups excluding carboxylic acids is 2. The maximum absolute atomic E-state index is 13.4. The second kappa shape index (κ2) is 10.2. The van der Waals surface area contributed by atoms with E-state index in [-0.39, 0.29) is 32.4 Å². The summed E-state index contributed by atoms with van der Waals surface area (Å²) < 4.78 is 30.3. The van der Waals surface area contributed by atoms with Crippen LogP contribution in [0.15, 0.2) is 39.7 Å². The Labute approximate surface area is 206 Å². The van der Waals surface area contributed by atoms with E-state index < -0.39 is 33.3 Å². The largest absolute Gasteiger partial charge is 0.465 e. The van der Waals surface area contributed by atoms with Crippen LogP contribution in [0.4, 0.5) is 5.82 Å². The minimum absolute atomic E-state index is 0.00456. The Morgan fingerprint density at radius 1 is 1.23 bits per heavy atom. The van der Waals surface area contributed by atoms with E-state index in [1.165, 1.54) is 41.7 Å². The zero-order valence-corrected chi connectivity index (χ0v) is 21.0. The van der Waals surface area contributed by atoms with E-state index in [2.05, 4.69) is 20.0 Å².